The number of aryl methyl sites for hydroxylation is 2. The van der Waals surface area contributed by atoms with Gasteiger partial charge in [0.2, 0.25) is 10.0 Å². The number of hydrogen-bond donors (Lipinski definition) is 2. The molecular weight excluding hydrogens is 356 g/mol. The molecule has 8 nitrogen and oxygen atoms in total. The molecule has 3 rings (SSSR count). The first-order valence-corrected chi connectivity index (χ1v) is 10.4. The van der Waals surface area contributed by atoms with E-state index >= 15 is 0 Å². The lowest BCUT2D eigenvalue weighted by Gasteiger charge is -2.13. The van der Waals surface area contributed by atoms with Gasteiger partial charge in [0.25, 0.3) is 5.91 Å². The van der Waals surface area contributed by atoms with Crippen molar-refractivity contribution >= 4 is 15.9 Å². The highest BCUT2D eigenvalue weighted by molar-refractivity contribution is 7.89. The zero-order chi connectivity index (χ0) is 18.7. The van der Waals surface area contributed by atoms with E-state index in [1.165, 1.54) is 12.3 Å². The van der Waals surface area contributed by atoms with Crippen molar-refractivity contribution < 1.29 is 17.7 Å². The Balaban J connectivity index is 1.73. The lowest BCUT2D eigenvalue weighted by Crippen LogP contribution is -2.28. The third-order valence-corrected chi connectivity index (χ3v) is 6.02. The fraction of sp³-hybridized carbons (Fsp3) is 0.529. The topological polar surface area (TPSA) is 108 Å². The summed E-state index contributed by atoms with van der Waals surface area (Å²) in [5, 5.41) is 3.98. The number of aromatic amines is 1. The number of aromatic nitrogens is 2. The van der Waals surface area contributed by atoms with Crippen LogP contribution < -0.4 is 4.72 Å². The molecule has 0 spiro atoms. The minimum absolute atomic E-state index is 0.0487. The molecule has 0 atom stereocenters. The molecule has 26 heavy (non-hydrogen) atoms. The molecule has 1 aliphatic heterocycles. The molecule has 1 aliphatic rings. The number of nitrogens with zero attached hydrogens (tertiary/aromatic N) is 2. The number of sulfonamides is 1. The Hall–Kier alpha value is -2.13. The molecule has 0 radical (unpaired) electrons. The van der Waals surface area contributed by atoms with Crippen LogP contribution in [0.15, 0.2) is 21.7 Å². The summed E-state index contributed by atoms with van der Waals surface area (Å²) < 4.78 is 33.0. The Morgan fingerprint density at radius 3 is 2.69 bits per heavy atom. The van der Waals surface area contributed by atoms with Crippen LogP contribution in [0.2, 0.25) is 0 Å². The van der Waals surface area contributed by atoms with Gasteiger partial charge in [0.15, 0.2) is 0 Å². The maximum atomic E-state index is 12.6. The van der Waals surface area contributed by atoms with Crippen molar-refractivity contribution in [3.05, 3.63) is 35.0 Å². The summed E-state index contributed by atoms with van der Waals surface area (Å²) in [6.07, 6.45) is 4.62. The van der Waals surface area contributed by atoms with Crippen LogP contribution in [0.4, 0.5) is 0 Å². The number of likely N-dealkylation sites (tertiary alicyclic amines) is 1. The molecular formula is C17H24N4O4S. The van der Waals surface area contributed by atoms with Crippen molar-refractivity contribution in [2.24, 2.45) is 0 Å². The summed E-state index contributed by atoms with van der Waals surface area (Å²) in [6, 6.07) is 1.39. The molecule has 3 heterocycles. The van der Waals surface area contributed by atoms with Crippen LogP contribution in [0.25, 0.3) is 0 Å². The summed E-state index contributed by atoms with van der Waals surface area (Å²) in [5.74, 6) is 0.521. The molecule has 0 aliphatic carbocycles. The highest BCUT2D eigenvalue weighted by atomic mass is 32.2. The molecule has 0 unspecified atom stereocenters. The quantitative estimate of drug-likeness (QED) is 0.762. The van der Waals surface area contributed by atoms with Crippen molar-refractivity contribution in [2.75, 3.05) is 13.1 Å². The van der Waals surface area contributed by atoms with Gasteiger partial charge < -0.3 is 14.4 Å². The second-order valence-electron chi connectivity index (χ2n) is 6.31. The summed E-state index contributed by atoms with van der Waals surface area (Å²) in [4.78, 5) is 16.9. The summed E-state index contributed by atoms with van der Waals surface area (Å²) >= 11 is 0. The molecule has 1 saturated heterocycles. The van der Waals surface area contributed by atoms with Crippen LogP contribution >= 0.6 is 0 Å². The standard InChI is InChI=1S/C17H24N4O4S/c1-3-14-13(16(4-2)25-20-14)11-19-26(23,24)12-9-15(18-10-12)17(22)21-7-5-6-8-21/h9-10,18-19H,3-8,11H2,1-2H3. The van der Waals surface area contributed by atoms with Gasteiger partial charge in [0, 0.05) is 37.8 Å². The number of nitrogens with one attached hydrogen (secondary N) is 2. The SMILES string of the molecule is CCc1noc(CC)c1CNS(=O)(=O)c1c[nH]c(C(=O)N2CCCC2)c1. The van der Waals surface area contributed by atoms with E-state index in [-0.39, 0.29) is 17.3 Å². The van der Waals surface area contributed by atoms with E-state index in [4.69, 9.17) is 4.52 Å². The van der Waals surface area contributed by atoms with E-state index in [1.807, 2.05) is 13.8 Å². The molecule has 0 bridgehead atoms. The number of rotatable bonds is 7. The van der Waals surface area contributed by atoms with Gasteiger partial charge in [-0.25, -0.2) is 13.1 Å². The van der Waals surface area contributed by atoms with Crippen molar-refractivity contribution in [3.8, 4) is 0 Å². The normalized spacial score (nSPS) is 14.9. The molecule has 2 N–H and O–H groups in total. The van der Waals surface area contributed by atoms with Gasteiger partial charge in [-0.1, -0.05) is 19.0 Å². The number of H-pyrrole nitrogens is 1. The molecule has 1 fully saturated rings. The van der Waals surface area contributed by atoms with Crippen molar-refractivity contribution in [2.45, 2.75) is 51.0 Å². The monoisotopic (exact) mass is 380 g/mol. The predicted octanol–water partition coefficient (Wildman–Crippen LogP) is 1.84. The van der Waals surface area contributed by atoms with Crippen LogP contribution in [-0.4, -0.2) is 42.5 Å². The average molecular weight is 380 g/mol. The Morgan fingerprint density at radius 1 is 1.31 bits per heavy atom. The third-order valence-electron chi connectivity index (χ3n) is 4.64. The Morgan fingerprint density at radius 2 is 2.04 bits per heavy atom. The van der Waals surface area contributed by atoms with Crippen molar-refractivity contribution in [1.82, 2.24) is 19.8 Å². The number of carbonyl (C=O) groups is 1. The van der Waals surface area contributed by atoms with E-state index in [2.05, 4.69) is 14.9 Å². The summed E-state index contributed by atoms with van der Waals surface area (Å²) in [6.45, 7) is 5.41. The lowest BCUT2D eigenvalue weighted by atomic mass is 10.1. The Bertz CT molecular complexity index is 857. The zero-order valence-corrected chi connectivity index (χ0v) is 15.9. The maximum absolute atomic E-state index is 12.6. The van der Waals surface area contributed by atoms with Crippen LogP contribution in [0.5, 0.6) is 0 Å². The van der Waals surface area contributed by atoms with Gasteiger partial charge in [-0.05, 0) is 25.3 Å². The van der Waals surface area contributed by atoms with Gasteiger partial charge in [0.05, 0.1) is 5.69 Å². The van der Waals surface area contributed by atoms with Gasteiger partial charge in [-0.15, -0.1) is 0 Å². The van der Waals surface area contributed by atoms with Crippen LogP contribution in [-0.2, 0) is 29.4 Å². The third kappa shape index (κ3) is 3.68. The minimum Gasteiger partial charge on any atom is -0.361 e. The van der Waals surface area contributed by atoms with Crippen molar-refractivity contribution in [1.29, 1.82) is 0 Å². The molecule has 2 aromatic heterocycles. The second-order valence-corrected chi connectivity index (χ2v) is 8.08. The maximum Gasteiger partial charge on any atom is 0.270 e. The van der Waals surface area contributed by atoms with Gasteiger partial charge >= 0.3 is 0 Å². The Kier molecular flexibility index (Phi) is 5.47. The molecule has 0 saturated carbocycles. The fourth-order valence-corrected chi connectivity index (χ4v) is 4.12. The highest BCUT2D eigenvalue weighted by Crippen LogP contribution is 2.19. The van der Waals surface area contributed by atoms with Gasteiger partial charge in [-0.2, -0.15) is 0 Å². The molecule has 0 aromatic carbocycles. The number of hydrogen-bond acceptors (Lipinski definition) is 5. The average Bonchev–Trinajstić information content (AvgIpc) is 3.39. The van der Waals surface area contributed by atoms with Crippen LogP contribution in [0, 0.1) is 0 Å². The van der Waals surface area contributed by atoms with Crippen LogP contribution in [0.1, 0.15) is 54.2 Å². The predicted molar refractivity (Wildman–Crippen MR) is 95.2 cm³/mol. The molecule has 9 heteroatoms. The van der Waals surface area contributed by atoms with Gasteiger partial charge in [-0.3, -0.25) is 4.79 Å². The van der Waals surface area contributed by atoms with E-state index in [0.717, 1.165) is 24.1 Å². The fourth-order valence-electron chi connectivity index (χ4n) is 3.13. The van der Waals surface area contributed by atoms with Crippen LogP contribution in [0.3, 0.4) is 0 Å². The largest absolute Gasteiger partial charge is 0.361 e. The highest BCUT2D eigenvalue weighted by Gasteiger charge is 2.24. The van der Waals surface area contributed by atoms with Crippen molar-refractivity contribution in [3.63, 3.8) is 0 Å². The van der Waals surface area contributed by atoms with E-state index in [0.29, 0.717) is 37.4 Å². The van der Waals surface area contributed by atoms with E-state index < -0.39 is 10.0 Å². The molecule has 1 amide bonds. The zero-order valence-electron chi connectivity index (χ0n) is 15.0. The summed E-state index contributed by atoms with van der Waals surface area (Å²) in [5.41, 5.74) is 1.83. The first kappa shape index (κ1) is 18.7. The lowest BCUT2D eigenvalue weighted by molar-refractivity contribution is 0.0787. The minimum atomic E-state index is -3.74. The number of carbonyl (C=O) groups excluding carboxylic acids is 1. The molecule has 142 valence electrons. The first-order chi connectivity index (χ1) is 12.5. The van der Waals surface area contributed by atoms with Gasteiger partial charge in [0.1, 0.15) is 16.3 Å². The smallest absolute Gasteiger partial charge is 0.270 e. The first-order valence-electron chi connectivity index (χ1n) is 8.90. The number of amides is 1. The van der Waals surface area contributed by atoms with E-state index in [9.17, 15) is 13.2 Å². The summed E-state index contributed by atoms with van der Waals surface area (Å²) in [7, 11) is -3.74. The Labute approximate surface area is 153 Å². The second kappa shape index (κ2) is 7.63. The molecule has 2 aromatic rings. The van der Waals surface area contributed by atoms with E-state index in [1.54, 1.807) is 4.90 Å².